The summed E-state index contributed by atoms with van der Waals surface area (Å²) in [5.41, 5.74) is 4.96. The van der Waals surface area contributed by atoms with Gasteiger partial charge in [-0.2, -0.15) is 0 Å². The molecule has 4 aromatic rings. The average Bonchev–Trinajstić information content (AvgIpc) is 3.41. The number of aromatic amines is 1. The summed E-state index contributed by atoms with van der Waals surface area (Å²) >= 11 is 0. The number of aromatic nitrogens is 2. The Balaban J connectivity index is 1.41. The number of fused-ring (bicyclic) bond motifs is 1. The molecule has 0 bridgehead atoms. The van der Waals surface area contributed by atoms with E-state index in [0.29, 0.717) is 0 Å². The molecule has 28 heavy (non-hydrogen) atoms. The van der Waals surface area contributed by atoms with Crippen molar-refractivity contribution in [1.82, 2.24) is 14.9 Å². The van der Waals surface area contributed by atoms with Gasteiger partial charge in [0.1, 0.15) is 5.82 Å². The van der Waals surface area contributed by atoms with Crippen LogP contribution in [-0.4, -0.2) is 27.3 Å². The normalized spacial score (nSPS) is 16.6. The molecule has 1 atom stereocenters. The van der Waals surface area contributed by atoms with Gasteiger partial charge in [-0.1, -0.05) is 54.6 Å². The second kappa shape index (κ2) is 6.97. The maximum absolute atomic E-state index is 13.2. The fourth-order valence-electron chi connectivity index (χ4n) is 4.03. The van der Waals surface area contributed by atoms with Crippen LogP contribution in [0.4, 0.5) is 0 Å². The number of hydrogen-bond donors (Lipinski definition) is 1. The van der Waals surface area contributed by atoms with Crippen LogP contribution in [0.5, 0.6) is 0 Å². The number of nitrogens with one attached hydrogen (secondary N) is 1. The van der Waals surface area contributed by atoms with Crippen molar-refractivity contribution in [1.29, 1.82) is 0 Å². The van der Waals surface area contributed by atoms with Crippen molar-refractivity contribution in [2.45, 2.75) is 18.9 Å². The van der Waals surface area contributed by atoms with E-state index in [-0.39, 0.29) is 11.9 Å². The number of imidazole rings is 1. The highest BCUT2D eigenvalue weighted by Crippen LogP contribution is 2.33. The van der Waals surface area contributed by atoms with Gasteiger partial charge in [0.25, 0.3) is 5.91 Å². The topological polar surface area (TPSA) is 49.0 Å². The van der Waals surface area contributed by atoms with Crippen molar-refractivity contribution in [3.63, 3.8) is 0 Å². The third-order valence-electron chi connectivity index (χ3n) is 5.48. The maximum atomic E-state index is 13.2. The third kappa shape index (κ3) is 2.97. The zero-order valence-corrected chi connectivity index (χ0v) is 15.5. The van der Waals surface area contributed by atoms with Gasteiger partial charge in [0, 0.05) is 12.1 Å². The van der Waals surface area contributed by atoms with E-state index >= 15 is 0 Å². The Bertz CT molecular complexity index is 1080. The SMILES string of the molecule is O=C(c1ccc(-c2ccccc2)cc1)N1CCC[C@H]1c1nc2ccccc2[nH]1. The van der Waals surface area contributed by atoms with Gasteiger partial charge in [0.2, 0.25) is 0 Å². The maximum Gasteiger partial charge on any atom is 0.254 e. The molecule has 1 aromatic heterocycles. The van der Waals surface area contributed by atoms with Crippen molar-refractivity contribution >= 4 is 16.9 Å². The lowest BCUT2D eigenvalue weighted by Crippen LogP contribution is -2.31. The Morgan fingerprint density at radius 2 is 1.61 bits per heavy atom. The van der Waals surface area contributed by atoms with Crippen molar-refractivity contribution in [3.05, 3.63) is 90.3 Å². The van der Waals surface area contributed by atoms with Crippen LogP contribution in [0.15, 0.2) is 78.9 Å². The number of H-pyrrole nitrogens is 1. The molecule has 0 saturated carbocycles. The van der Waals surface area contributed by atoms with Gasteiger partial charge in [-0.3, -0.25) is 4.79 Å². The van der Waals surface area contributed by atoms with Crippen LogP contribution in [0.1, 0.15) is 35.1 Å². The van der Waals surface area contributed by atoms with Gasteiger partial charge in [-0.25, -0.2) is 4.98 Å². The molecule has 2 heterocycles. The molecule has 3 aromatic carbocycles. The fraction of sp³-hybridized carbons (Fsp3) is 0.167. The number of amides is 1. The highest BCUT2D eigenvalue weighted by atomic mass is 16.2. The second-order valence-corrected chi connectivity index (χ2v) is 7.24. The van der Waals surface area contributed by atoms with E-state index in [1.54, 1.807) is 0 Å². The van der Waals surface area contributed by atoms with Crippen molar-refractivity contribution < 1.29 is 4.79 Å². The number of likely N-dealkylation sites (tertiary alicyclic amines) is 1. The van der Waals surface area contributed by atoms with E-state index in [4.69, 9.17) is 4.98 Å². The molecule has 0 unspecified atom stereocenters. The Morgan fingerprint density at radius 3 is 2.39 bits per heavy atom. The minimum Gasteiger partial charge on any atom is -0.340 e. The molecule has 0 spiro atoms. The molecule has 0 aliphatic carbocycles. The number of carbonyl (C=O) groups excluding carboxylic acids is 1. The van der Waals surface area contributed by atoms with E-state index in [1.807, 2.05) is 71.6 Å². The number of hydrogen-bond acceptors (Lipinski definition) is 2. The van der Waals surface area contributed by atoms with Crippen LogP contribution in [-0.2, 0) is 0 Å². The monoisotopic (exact) mass is 367 g/mol. The quantitative estimate of drug-likeness (QED) is 0.540. The smallest absolute Gasteiger partial charge is 0.254 e. The summed E-state index contributed by atoms with van der Waals surface area (Å²) in [5, 5.41) is 0. The van der Waals surface area contributed by atoms with Crippen molar-refractivity contribution in [2.24, 2.45) is 0 Å². The highest BCUT2D eigenvalue weighted by Gasteiger charge is 2.32. The van der Waals surface area contributed by atoms with Gasteiger partial charge in [-0.05, 0) is 48.2 Å². The zero-order chi connectivity index (χ0) is 18.9. The molecule has 5 rings (SSSR count). The average molecular weight is 367 g/mol. The number of nitrogens with zero attached hydrogens (tertiary/aromatic N) is 2. The largest absolute Gasteiger partial charge is 0.340 e. The Hall–Kier alpha value is -3.40. The van der Waals surface area contributed by atoms with E-state index in [9.17, 15) is 4.79 Å². The van der Waals surface area contributed by atoms with Crippen LogP contribution < -0.4 is 0 Å². The molecule has 1 fully saturated rings. The molecule has 0 radical (unpaired) electrons. The molecule has 1 amide bonds. The summed E-state index contributed by atoms with van der Waals surface area (Å²) in [6, 6.07) is 26.1. The number of rotatable bonds is 3. The van der Waals surface area contributed by atoms with Crippen LogP contribution in [0.3, 0.4) is 0 Å². The van der Waals surface area contributed by atoms with E-state index in [2.05, 4.69) is 17.1 Å². The predicted molar refractivity (Wildman–Crippen MR) is 111 cm³/mol. The van der Waals surface area contributed by atoms with Crippen molar-refractivity contribution in [2.75, 3.05) is 6.54 Å². The third-order valence-corrected chi connectivity index (χ3v) is 5.48. The molecular formula is C24H21N3O. The fourth-order valence-corrected chi connectivity index (χ4v) is 4.03. The minimum absolute atomic E-state index is 0.00806. The number of para-hydroxylation sites is 2. The summed E-state index contributed by atoms with van der Waals surface area (Å²) in [7, 11) is 0. The minimum atomic E-state index is 0.00806. The molecule has 138 valence electrons. The van der Waals surface area contributed by atoms with Crippen LogP contribution >= 0.6 is 0 Å². The molecule has 4 heteroatoms. The first-order valence-corrected chi connectivity index (χ1v) is 9.71. The van der Waals surface area contributed by atoms with Gasteiger partial charge in [0.15, 0.2) is 0 Å². The Morgan fingerprint density at radius 1 is 0.893 bits per heavy atom. The van der Waals surface area contributed by atoms with Gasteiger partial charge < -0.3 is 9.88 Å². The Kier molecular flexibility index (Phi) is 4.17. The lowest BCUT2D eigenvalue weighted by atomic mass is 10.0. The van der Waals surface area contributed by atoms with E-state index in [0.717, 1.165) is 52.9 Å². The molecule has 1 N–H and O–H groups in total. The number of carbonyl (C=O) groups is 1. The summed E-state index contributed by atoms with van der Waals surface area (Å²) in [4.78, 5) is 23.3. The Labute approximate surface area is 163 Å². The lowest BCUT2D eigenvalue weighted by Gasteiger charge is -2.23. The molecule has 1 aliphatic heterocycles. The van der Waals surface area contributed by atoms with Crippen molar-refractivity contribution in [3.8, 4) is 11.1 Å². The summed E-state index contributed by atoms with van der Waals surface area (Å²) in [5.74, 6) is 0.954. The first-order chi connectivity index (χ1) is 13.8. The van der Waals surface area contributed by atoms with E-state index < -0.39 is 0 Å². The summed E-state index contributed by atoms with van der Waals surface area (Å²) < 4.78 is 0. The first kappa shape index (κ1) is 16.8. The lowest BCUT2D eigenvalue weighted by molar-refractivity contribution is 0.0730. The molecule has 1 aliphatic rings. The van der Waals surface area contributed by atoms with Gasteiger partial charge in [0.05, 0.1) is 17.1 Å². The zero-order valence-electron chi connectivity index (χ0n) is 15.5. The van der Waals surface area contributed by atoms with Gasteiger partial charge >= 0.3 is 0 Å². The van der Waals surface area contributed by atoms with Crippen LogP contribution in [0.2, 0.25) is 0 Å². The van der Waals surface area contributed by atoms with Crippen LogP contribution in [0.25, 0.3) is 22.2 Å². The first-order valence-electron chi connectivity index (χ1n) is 9.71. The summed E-state index contributed by atoms with van der Waals surface area (Å²) in [6.07, 6.45) is 1.93. The number of benzene rings is 3. The van der Waals surface area contributed by atoms with E-state index in [1.165, 1.54) is 0 Å². The van der Waals surface area contributed by atoms with Gasteiger partial charge in [-0.15, -0.1) is 0 Å². The van der Waals surface area contributed by atoms with Crippen LogP contribution in [0, 0.1) is 0 Å². The molecular weight excluding hydrogens is 346 g/mol. The second-order valence-electron chi connectivity index (χ2n) is 7.24. The predicted octanol–water partition coefficient (Wildman–Crippen LogP) is 5.21. The highest BCUT2D eigenvalue weighted by molar-refractivity contribution is 5.95. The summed E-state index contributed by atoms with van der Waals surface area (Å²) in [6.45, 7) is 0.765. The molecule has 1 saturated heterocycles. The standard InChI is InChI=1S/C24H21N3O/c28-24(19-14-12-18(13-15-19)17-7-2-1-3-8-17)27-16-6-11-22(27)23-25-20-9-4-5-10-21(20)26-23/h1-5,7-10,12-15,22H,6,11,16H2,(H,25,26)/t22-/m0/s1. The molecule has 4 nitrogen and oxygen atoms in total.